The maximum Gasteiger partial charge on any atom is 0.0856 e. The van der Waals surface area contributed by atoms with Crippen molar-refractivity contribution < 1.29 is 5.11 Å². The van der Waals surface area contributed by atoms with Gasteiger partial charge in [0.05, 0.1) is 11.8 Å². The molecular formula is C11H11Cl2N3O. The monoisotopic (exact) mass is 271 g/mol. The highest BCUT2D eigenvalue weighted by atomic mass is 35.5. The molecule has 2 aromatic rings. The van der Waals surface area contributed by atoms with E-state index in [0.29, 0.717) is 22.0 Å². The number of rotatable bonds is 3. The topological polar surface area (TPSA) is 50.9 Å². The van der Waals surface area contributed by atoms with E-state index < -0.39 is 6.10 Å². The van der Waals surface area contributed by atoms with Crippen LogP contribution in [-0.4, -0.2) is 20.1 Å². The zero-order valence-corrected chi connectivity index (χ0v) is 10.7. The quantitative estimate of drug-likeness (QED) is 0.933. The summed E-state index contributed by atoms with van der Waals surface area (Å²) >= 11 is 11.7. The van der Waals surface area contributed by atoms with Crippen LogP contribution in [0.25, 0.3) is 0 Å². The van der Waals surface area contributed by atoms with Gasteiger partial charge in [-0.3, -0.25) is 4.68 Å². The minimum atomic E-state index is -0.692. The zero-order chi connectivity index (χ0) is 12.4. The molecule has 1 N–H and O–H groups in total. The summed E-state index contributed by atoms with van der Waals surface area (Å²) in [5.74, 6) is 0. The maximum atomic E-state index is 10.0. The number of nitrogens with zero attached hydrogens (tertiary/aromatic N) is 3. The molecule has 0 spiro atoms. The molecule has 0 aliphatic carbocycles. The fraction of sp³-hybridized carbons (Fsp3) is 0.273. The summed E-state index contributed by atoms with van der Waals surface area (Å²) in [6, 6.07) is 5.00. The van der Waals surface area contributed by atoms with E-state index in [1.165, 1.54) is 0 Å². The average molecular weight is 272 g/mol. The summed E-state index contributed by atoms with van der Waals surface area (Å²) in [5.41, 5.74) is 1.39. The van der Waals surface area contributed by atoms with Gasteiger partial charge in [0.25, 0.3) is 0 Å². The maximum absolute atomic E-state index is 10.0. The van der Waals surface area contributed by atoms with Crippen molar-refractivity contribution in [2.24, 2.45) is 7.05 Å². The van der Waals surface area contributed by atoms with E-state index in [2.05, 4.69) is 10.3 Å². The third-order valence-electron chi connectivity index (χ3n) is 2.32. The Hall–Kier alpha value is -1.10. The van der Waals surface area contributed by atoms with Crippen LogP contribution < -0.4 is 0 Å². The highest BCUT2D eigenvalue weighted by Gasteiger charge is 2.12. The molecule has 0 saturated heterocycles. The van der Waals surface area contributed by atoms with Gasteiger partial charge in [-0.25, -0.2) is 0 Å². The minimum absolute atomic E-state index is 0.379. The van der Waals surface area contributed by atoms with E-state index in [0.717, 1.165) is 5.69 Å². The van der Waals surface area contributed by atoms with Gasteiger partial charge >= 0.3 is 0 Å². The number of halogens is 2. The molecule has 1 atom stereocenters. The first-order chi connectivity index (χ1) is 8.04. The lowest BCUT2D eigenvalue weighted by molar-refractivity contribution is 0.177. The number of benzene rings is 1. The Balaban J connectivity index is 2.16. The molecule has 6 heteroatoms. The molecular weight excluding hydrogens is 261 g/mol. The van der Waals surface area contributed by atoms with Crippen LogP contribution in [0.2, 0.25) is 10.0 Å². The molecule has 4 nitrogen and oxygen atoms in total. The first-order valence-electron chi connectivity index (χ1n) is 5.04. The van der Waals surface area contributed by atoms with Crippen LogP contribution in [0.15, 0.2) is 24.4 Å². The van der Waals surface area contributed by atoms with Crippen molar-refractivity contribution in [3.63, 3.8) is 0 Å². The molecule has 1 aromatic carbocycles. The number of hydrogen-bond acceptors (Lipinski definition) is 3. The molecule has 2 rings (SSSR count). The zero-order valence-electron chi connectivity index (χ0n) is 9.14. The smallest absolute Gasteiger partial charge is 0.0856 e. The Bertz CT molecular complexity index is 507. The van der Waals surface area contributed by atoms with E-state index >= 15 is 0 Å². The second-order valence-corrected chi connectivity index (χ2v) is 4.68. The summed E-state index contributed by atoms with van der Waals surface area (Å²) in [5, 5.41) is 18.8. The van der Waals surface area contributed by atoms with Crippen molar-refractivity contribution >= 4 is 23.2 Å². The number of aromatic nitrogens is 3. The summed E-state index contributed by atoms with van der Waals surface area (Å²) in [7, 11) is 1.78. The summed E-state index contributed by atoms with van der Waals surface area (Å²) in [6.45, 7) is 0. The number of aryl methyl sites for hydroxylation is 1. The van der Waals surface area contributed by atoms with Crippen molar-refractivity contribution in [3.8, 4) is 0 Å². The van der Waals surface area contributed by atoms with Crippen molar-refractivity contribution in [2.45, 2.75) is 12.5 Å². The molecule has 0 fully saturated rings. The number of hydrogen-bond donors (Lipinski definition) is 1. The van der Waals surface area contributed by atoms with Crippen LogP contribution >= 0.6 is 23.2 Å². The highest BCUT2D eigenvalue weighted by molar-refractivity contribution is 6.34. The van der Waals surface area contributed by atoms with Crippen LogP contribution in [0.1, 0.15) is 17.4 Å². The van der Waals surface area contributed by atoms with Crippen molar-refractivity contribution in [3.05, 3.63) is 45.7 Å². The van der Waals surface area contributed by atoms with E-state index in [1.807, 2.05) is 0 Å². The Morgan fingerprint density at radius 1 is 1.29 bits per heavy atom. The Kier molecular flexibility index (Phi) is 3.66. The van der Waals surface area contributed by atoms with Crippen LogP contribution in [0.3, 0.4) is 0 Å². The lowest BCUT2D eigenvalue weighted by Gasteiger charge is -2.10. The van der Waals surface area contributed by atoms with Crippen LogP contribution in [0.4, 0.5) is 0 Å². The summed E-state index contributed by atoms with van der Waals surface area (Å²) in [4.78, 5) is 0. The predicted molar refractivity (Wildman–Crippen MR) is 66.1 cm³/mol. The third-order valence-corrected chi connectivity index (χ3v) is 2.76. The van der Waals surface area contributed by atoms with E-state index in [9.17, 15) is 5.11 Å². The normalized spacial score (nSPS) is 12.7. The van der Waals surface area contributed by atoms with Gasteiger partial charge in [0.1, 0.15) is 0 Å². The van der Waals surface area contributed by atoms with Gasteiger partial charge in [-0.05, 0) is 23.8 Å². The van der Waals surface area contributed by atoms with Crippen LogP contribution in [-0.2, 0) is 13.5 Å². The van der Waals surface area contributed by atoms with E-state index in [4.69, 9.17) is 23.2 Å². The van der Waals surface area contributed by atoms with E-state index in [-0.39, 0.29) is 0 Å². The largest absolute Gasteiger partial charge is 0.388 e. The van der Waals surface area contributed by atoms with E-state index in [1.54, 1.807) is 36.1 Å². The molecule has 0 amide bonds. The van der Waals surface area contributed by atoms with Crippen molar-refractivity contribution in [1.82, 2.24) is 15.0 Å². The molecule has 90 valence electrons. The highest BCUT2D eigenvalue weighted by Crippen LogP contribution is 2.25. The molecule has 0 aliphatic rings. The predicted octanol–water partition coefficient (Wildman–Crippen LogP) is 2.40. The number of aliphatic hydroxyl groups excluding tert-OH is 1. The van der Waals surface area contributed by atoms with Gasteiger partial charge in [0.15, 0.2) is 0 Å². The first-order valence-corrected chi connectivity index (χ1v) is 5.79. The molecule has 1 aromatic heterocycles. The molecule has 1 heterocycles. The standard InChI is InChI=1S/C11H11Cl2N3O/c1-16-6-10(14-15-16)5-11(17)7-2-8(12)4-9(13)3-7/h2-4,6,11,17H,5H2,1H3. The lowest BCUT2D eigenvalue weighted by atomic mass is 10.1. The Morgan fingerprint density at radius 3 is 2.47 bits per heavy atom. The van der Waals surface area contributed by atoms with Crippen molar-refractivity contribution in [2.75, 3.05) is 0 Å². The number of aliphatic hydroxyl groups is 1. The summed E-state index contributed by atoms with van der Waals surface area (Å²) in [6.07, 6.45) is 1.45. The van der Waals surface area contributed by atoms with Gasteiger partial charge in [0, 0.05) is 29.7 Å². The van der Waals surface area contributed by atoms with Crippen molar-refractivity contribution in [1.29, 1.82) is 0 Å². The first kappa shape index (κ1) is 12.4. The summed E-state index contributed by atoms with van der Waals surface area (Å²) < 4.78 is 1.59. The third kappa shape index (κ3) is 3.19. The van der Waals surface area contributed by atoms with Gasteiger partial charge in [-0.2, -0.15) is 0 Å². The second kappa shape index (κ2) is 5.04. The molecule has 0 radical (unpaired) electrons. The molecule has 0 saturated carbocycles. The Labute approximate surface area is 109 Å². The van der Waals surface area contributed by atoms with Crippen LogP contribution in [0.5, 0.6) is 0 Å². The average Bonchev–Trinajstić information content (AvgIpc) is 2.62. The molecule has 1 unspecified atom stereocenters. The molecule has 0 bridgehead atoms. The lowest BCUT2D eigenvalue weighted by Crippen LogP contribution is -2.02. The SMILES string of the molecule is Cn1cc(CC(O)c2cc(Cl)cc(Cl)c2)nn1. The van der Waals surface area contributed by atoms with Gasteiger partial charge in [-0.15, -0.1) is 5.10 Å². The van der Waals surface area contributed by atoms with Crippen LogP contribution in [0, 0.1) is 0 Å². The minimum Gasteiger partial charge on any atom is -0.388 e. The van der Waals surface area contributed by atoms with Gasteiger partial charge < -0.3 is 5.11 Å². The molecule has 0 aliphatic heterocycles. The Morgan fingerprint density at radius 2 is 1.94 bits per heavy atom. The van der Waals surface area contributed by atoms with Gasteiger partial charge in [-0.1, -0.05) is 28.4 Å². The fourth-order valence-electron chi connectivity index (χ4n) is 1.57. The molecule has 17 heavy (non-hydrogen) atoms. The fourth-order valence-corrected chi connectivity index (χ4v) is 2.12. The van der Waals surface area contributed by atoms with Gasteiger partial charge in [0.2, 0.25) is 0 Å². The second-order valence-electron chi connectivity index (χ2n) is 3.81.